The van der Waals surface area contributed by atoms with Crippen molar-refractivity contribution in [2.45, 2.75) is 6.92 Å². The van der Waals surface area contributed by atoms with Gasteiger partial charge in [-0.15, -0.1) is 0 Å². The molecule has 0 aliphatic carbocycles. The zero-order valence-electron chi connectivity index (χ0n) is 25.9. The molecule has 234 valence electrons. The zero-order chi connectivity index (χ0) is 32.8. The first kappa shape index (κ1) is 31.3. The van der Waals surface area contributed by atoms with Gasteiger partial charge in [0.25, 0.3) is 5.91 Å². The summed E-state index contributed by atoms with van der Waals surface area (Å²) >= 11 is 0. The van der Waals surface area contributed by atoms with Gasteiger partial charge in [0.1, 0.15) is 5.69 Å². The van der Waals surface area contributed by atoms with E-state index in [0.29, 0.717) is 11.3 Å². The van der Waals surface area contributed by atoms with Gasteiger partial charge in [0.2, 0.25) is 0 Å². The molecule has 2 N–H and O–H groups in total. The second-order valence-electron chi connectivity index (χ2n) is 10.3. The maximum atomic E-state index is 13.4. The molecule has 0 aliphatic heterocycles. The molecule has 0 radical (unpaired) electrons. The van der Waals surface area contributed by atoms with Crippen LogP contribution in [-0.4, -0.2) is 57.4 Å². The molecule has 11 nitrogen and oxygen atoms in total. The number of hydrogen-bond donors (Lipinski definition) is 2. The molecule has 4 aromatic carbocycles. The van der Waals surface area contributed by atoms with Crippen LogP contribution in [0.25, 0.3) is 22.0 Å². The van der Waals surface area contributed by atoms with Crippen LogP contribution in [0.4, 0.5) is 5.69 Å². The van der Waals surface area contributed by atoms with E-state index in [-0.39, 0.29) is 28.6 Å². The van der Waals surface area contributed by atoms with E-state index in [2.05, 4.69) is 15.5 Å². The molecule has 5 rings (SSSR count). The van der Waals surface area contributed by atoms with Crippen molar-refractivity contribution < 1.29 is 33.3 Å². The quantitative estimate of drug-likeness (QED) is 0.0864. The lowest BCUT2D eigenvalue weighted by molar-refractivity contribution is -0.132. The number of H-pyrrole nitrogens is 1. The van der Waals surface area contributed by atoms with E-state index in [1.54, 1.807) is 18.2 Å². The summed E-state index contributed by atoms with van der Waals surface area (Å²) < 4.78 is 21.3. The molecular formula is C35H32N4O7. The summed E-state index contributed by atoms with van der Waals surface area (Å²) in [4.78, 5) is 42.8. The van der Waals surface area contributed by atoms with Gasteiger partial charge in [-0.1, -0.05) is 30.3 Å². The Labute approximate surface area is 265 Å². The van der Waals surface area contributed by atoms with Gasteiger partial charge in [-0.25, -0.2) is 10.2 Å². The zero-order valence-corrected chi connectivity index (χ0v) is 25.9. The predicted molar refractivity (Wildman–Crippen MR) is 175 cm³/mol. The fourth-order valence-corrected chi connectivity index (χ4v) is 4.80. The normalized spacial score (nSPS) is 10.9. The summed E-state index contributed by atoms with van der Waals surface area (Å²) in [5.74, 6) is -0.790. The third-order valence-electron chi connectivity index (χ3n) is 7.01. The molecule has 1 amide bonds. The molecule has 0 aliphatic rings. The highest BCUT2D eigenvalue weighted by molar-refractivity contribution is 6.10. The summed E-state index contributed by atoms with van der Waals surface area (Å²) in [6, 6.07) is 24.8. The number of hydrogen-bond acceptors (Lipinski definition) is 9. The maximum Gasteiger partial charge on any atom is 0.343 e. The molecule has 46 heavy (non-hydrogen) atoms. The number of aromatic amines is 1. The van der Waals surface area contributed by atoms with Gasteiger partial charge in [-0.3, -0.25) is 9.59 Å². The van der Waals surface area contributed by atoms with Crippen LogP contribution in [-0.2, 0) is 4.79 Å². The summed E-state index contributed by atoms with van der Waals surface area (Å²) in [7, 11) is 6.77. The Bertz CT molecular complexity index is 1950. The summed E-state index contributed by atoms with van der Waals surface area (Å²) in [5, 5.41) is 5.08. The largest absolute Gasteiger partial charge is 0.493 e. The monoisotopic (exact) mass is 620 g/mol. The topological polar surface area (TPSA) is 132 Å². The maximum absolute atomic E-state index is 13.4. The first-order valence-electron chi connectivity index (χ1n) is 14.2. The summed E-state index contributed by atoms with van der Waals surface area (Å²) in [6.45, 7) is 1.27. The van der Waals surface area contributed by atoms with Crippen molar-refractivity contribution in [1.82, 2.24) is 10.4 Å². The fourth-order valence-electron chi connectivity index (χ4n) is 4.80. The first-order chi connectivity index (χ1) is 22.2. The van der Waals surface area contributed by atoms with Crippen LogP contribution in [0, 0.1) is 0 Å². The average molecular weight is 621 g/mol. The van der Waals surface area contributed by atoms with E-state index < -0.39 is 17.8 Å². The molecular weight excluding hydrogens is 588 g/mol. The van der Waals surface area contributed by atoms with Gasteiger partial charge in [-0.05, 0) is 65.7 Å². The van der Waals surface area contributed by atoms with Gasteiger partial charge in [0, 0.05) is 43.2 Å². The van der Waals surface area contributed by atoms with Crippen LogP contribution in [0.3, 0.4) is 0 Å². The highest BCUT2D eigenvalue weighted by atomic mass is 16.6. The van der Waals surface area contributed by atoms with Crippen LogP contribution < -0.4 is 29.3 Å². The third kappa shape index (κ3) is 6.83. The average Bonchev–Trinajstić information content (AvgIpc) is 3.44. The smallest absolute Gasteiger partial charge is 0.343 e. The molecule has 0 saturated carbocycles. The number of anilines is 1. The minimum atomic E-state index is -0.676. The number of hydrazone groups is 1. The van der Waals surface area contributed by atoms with Crippen molar-refractivity contribution in [1.29, 1.82) is 0 Å². The van der Waals surface area contributed by atoms with E-state index in [1.165, 1.54) is 45.6 Å². The van der Waals surface area contributed by atoms with E-state index >= 15 is 0 Å². The van der Waals surface area contributed by atoms with Crippen molar-refractivity contribution in [3.63, 3.8) is 0 Å². The van der Waals surface area contributed by atoms with Crippen LogP contribution in [0.5, 0.6) is 23.0 Å². The Morgan fingerprint density at radius 3 is 2.20 bits per heavy atom. The first-order valence-corrected chi connectivity index (χ1v) is 14.2. The Hall–Kier alpha value is -6.10. The second-order valence-corrected chi connectivity index (χ2v) is 10.3. The van der Waals surface area contributed by atoms with Crippen LogP contribution >= 0.6 is 0 Å². The SMILES string of the molecule is COc1cc(C(=O)Oc2ccc(C=NNC(=O)c3[nH]c4ccc(N(C)C)cc4c3-c3ccccc3)cc2OC)ccc1OC(C)=O. The van der Waals surface area contributed by atoms with Gasteiger partial charge < -0.3 is 28.8 Å². The summed E-state index contributed by atoms with van der Waals surface area (Å²) in [6.07, 6.45) is 1.46. The number of esters is 2. The minimum absolute atomic E-state index is 0.166. The van der Waals surface area contributed by atoms with Gasteiger partial charge >= 0.3 is 11.9 Å². The predicted octanol–water partition coefficient (Wildman–Crippen LogP) is 5.83. The lowest BCUT2D eigenvalue weighted by Crippen LogP contribution is -2.18. The number of amides is 1. The number of aromatic nitrogens is 1. The van der Waals surface area contributed by atoms with Crippen molar-refractivity contribution in [3.8, 4) is 34.1 Å². The Morgan fingerprint density at radius 2 is 1.50 bits per heavy atom. The molecule has 0 spiro atoms. The number of methoxy groups -OCH3 is 2. The summed E-state index contributed by atoms with van der Waals surface area (Å²) in [5.41, 5.74) is 7.25. The van der Waals surface area contributed by atoms with Crippen molar-refractivity contribution in [2.75, 3.05) is 33.2 Å². The van der Waals surface area contributed by atoms with Crippen molar-refractivity contribution >= 4 is 40.7 Å². The molecule has 0 saturated heterocycles. The lowest BCUT2D eigenvalue weighted by atomic mass is 10.0. The number of rotatable bonds is 10. The number of benzene rings is 4. The molecule has 5 aromatic rings. The van der Waals surface area contributed by atoms with E-state index in [0.717, 1.165) is 27.7 Å². The number of fused-ring (bicyclic) bond motifs is 1. The molecule has 1 aromatic heterocycles. The molecule has 0 atom stereocenters. The third-order valence-corrected chi connectivity index (χ3v) is 7.01. The molecule has 1 heterocycles. The minimum Gasteiger partial charge on any atom is -0.493 e. The van der Waals surface area contributed by atoms with E-state index in [1.807, 2.05) is 67.5 Å². The Kier molecular flexibility index (Phi) is 9.32. The lowest BCUT2D eigenvalue weighted by Gasteiger charge is -2.12. The number of nitrogens with zero attached hydrogens (tertiary/aromatic N) is 2. The Morgan fingerprint density at radius 1 is 0.804 bits per heavy atom. The Balaban J connectivity index is 1.33. The van der Waals surface area contributed by atoms with Gasteiger partial charge in [-0.2, -0.15) is 5.10 Å². The number of ether oxygens (including phenoxy) is 4. The van der Waals surface area contributed by atoms with Gasteiger partial charge in [0.15, 0.2) is 23.0 Å². The number of carbonyl (C=O) groups excluding carboxylic acids is 3. The molecule has 11 heteroatoms. The highest BCUT2D eigenvalue weighted by Crippen LogP contribution is 2.35. The van der Waals surface area contributed by atoms with E-state index in [9.17, 15) is 14.4 Å². The van der Waals surface area contributed by atoms with Crippen molar-refractivity contribution in [3.05, 3.63) is 102 Å². The van der Waals surface area contributed by atoms with E-state index in [4.69, 9.17) is 18.9 Å². The molecule has 0 fully saturated rings. The standard InChI is InChI=1S/C35H32N4O7/c1-21(40)45-28-16-12-24(18-31(28)44-5)35(42)46-29-15-11-22(17-30(29)43-4)20-36-38-34(41)33-32(23-9-7-6-8-10-23)26-19-25(39(2)3)13-14-27(26)37-33/h6-20,37H,1-5H3,(H,38,41). The molecule has 0 unspecified atom stereocenters. The van der Waals surface area contributed by atoms with Crippen LogP contribution in [0.1, 0.15) is 33.3 Å². The van der Waals surface area contributed by atoms with Crippen LogP contribution in [0.2, 0.25) is 0 Å². The second kappa shape index (κ2) is 13.7. The van der Waals surface area contributed by atoms with Crippen molar-refractivity contribution in [2.24, 2.45) is 5.10 Å². The number of nitrogens with one attached hydrogen (secondary N) is 2. The van der Waals surface area contributed by atoms with Gasteiger partial charge in [0.05, 0.1) is 26.0 Å². The highest BCUT2D eigenvalue weighted by Gasteiger charge is 2.20. The fraction of sp³-hybridized carbons (Fsp3) is 0.143. The number of carbonyl (C=O) groups is 3. The van der Waals surface area contributed by atoms with Crippen LogP contribution in [0.15, 0.2) is 90.0 Å². The molecule has 0 bridgehead atoms.